The average molecular weight is 568 g/mol. The van der Waals surface area contributed by atoms with Crippen LogP contribution in [0.25, 0.3) is 0 Å². The SMILES string of the molecule is CO[C@@H]1O[C@H](COCc2ccccc2)[C@H](OCc2ccccc2)[C@H](OCc2ccccc2)[C@H]1C(=O)Nc1ccccc1. The van der Waals surface area contributed by atoms with Crippen LogP contribution in [0, 0.1) is 5.92 Å². The van der Waals surface area contributed by atoms with Crippen molar-refractivity contribution in [2.24, 2.45) is 5.92 Å². The first kappa shape index (κ1) is 29.6. The number of hydrogen-bond donors (Lipinski definition) is 1. The fourth-order valence-electron chi connectivity index (χ4n) is 5.06. The first-order chi connectivity index (χ1) is 20.7. The molecule has 1 fully saturated rings. The molecule has 0 saturated carbocycles. The van der Waals surface area contributed by atoms with Crippen LogP contribution in [-0.2, 0) is 48.3 Å². The lowest BCUT2D eigenvalue weighted by Crippen LogP contribution is -2.61. The van der Waals surface area contributed by atoms with Crippen LogP contribution >= 0.6 is 0 Å². The van der Waals surface area contributed by atoms with Crippen LogP contribution < -0.4 is 5.32 Å². The van der Waals surface area contributed by atoms with Crippen molar-refractivity contribution in [1.82, 2.24) is 0 Å². The molecule has 4 aromatic rings. The lowest BCUT2D eigenvalue weighted by atomic mass is 9.89. The van der Waals surface area contributed by atoms with Crippen LogP contribution in [0.1, 0.15) is 16.7 Å². The number of amides is 1. The molecule has 0 aliphatic carbocycles. The minimum Gasteiger partial charge on any atom is -0.374 e. The molecule has 1 heterocycles. The summed E-state index contributed by atoms with van der Waals surface area (Å²) in [5.41, 5.74) is 3.71. The van der Waals surface area contributed by atoms with E-state index in [0.29, 0.717) is 25.5 Å². The third-order valence-electron chi connectivity index (χ3n) is 7.19. The molecule has 1 aliphatic heterocycles. The minimum atomic E-state index is -0.878. The summed E-state index contributed by atoms with van der Waals surface area (Å²) in [6.45, 7) is 1.25. The highest BCUT2D eigenvalue weighted by Crippen LogP contribution is 2.34. The minimum absolute atomic E-state index is 0.229. The van der Waals surface area contributed by atoms with Crippen LogP contribution in [0.3, 0.4) is 0 Å². The summed E-state index contributed by atoms with van der Waals surface area (Å²) >= 11 is 0. The zero-order valence-corrected chi connectivity index (χ0v) is 23.7. The molecular weight excluding hydrogens is 530 g/mol. The molecule has 1 saturated heterocycles. The maximum absolute atomic E-state index is 13.8. The van der Waals surface area contributed by atoms with E-state index in [1.807, 2.05) is 121 Å². The Morgan fingerprint density at radius 3 is 1.67 bits per heavy atom. The van der Waals surface area contributed by atoms with Crippen molar-refractivity contribution in [1.29, 1.82) is 0 Å². The number of nitrogens with one attached hydrogen (secondary N) is 1. The van der Waals surface area contributed by atoms with E-state index >= 15 is 0 Å². The molecular formula is C35H37NO6. The highest BCUT2D eigenvalue weighted by molar-refractivity contribution is 5.93. The molecule has 7 heteroatoms. The Bertz CT molecular complexity index is 1340. The van der Waals surface area contributed by atoms with Gasteiger partial charge in [-0.3, -0.25) is 4.79 Å². The predicted molar refractivity (Wildman–Crippen MR) is 160 cm³/mol. The van der Waals surface area contributed by atoms with Crippen molar-refractivity contribution in [3.05, 3.63) is 138 Å². The van der Waals surface area contributed by atoms with Crippen molar-refractivity contribution in [3.63, 3.8) is 0 Å². The Morgan fingerprint density at radius 2 is 1.14 bits per heavy atom. The molecule has 42 heavy (non-hydrogen) atoms. The number of methoxy groups -OCH3 is 1. The predicted octanol–water partition coefficient (Wildman–Crippen LogP) is 6.00. The van der Waals surface area contributed by atoms with Gasteiger partial charge in [-0.2, -0.15) is 0 Å². The van der Waals surface area contributed by atoms with Crippen molar-refractivity contribution >= 4 is 11.6 Å². The van der Waals surface area contributed by atoms with E-state index in [4.69, 9.17) is 23.7 Å². The van der Waals surface area contributed by atoms with Crippen LogP contribution in [0.4, 0.5) is 5.69 Å². The van der Waals surface area contributed by atoms with Gasteiger partial charge in [-0.15, -0.1) is 0 Å². The van der Waals surface area contributed by atoms with Gasteiger partial charge in [-0.05, 0) is 28.8 Å². The summed E-state index contributed by atoms with van der Waals surface area (Å²) in [7, 11) is 1.54. The number of benzene rings is 4. The van der Waals surface area contributed by atoms with Crippen LogP contribution in [-0.4, -0.2) is 44.2 Å². The van der Waals surface area contributed by atoms with Crippen LogP contribution in [0.5, 0.6) is 0 Å². The van der Waals surface area contributed by atoms with Gasteiger partial charge in [0.1, 0.15) is 24.2 Å². The maximum Gasteiger partial charge on any atom is 0.235 e. The molecule has 5 rings (SSSR count). The smallest absolute Gasteiger partial charge is 0.235 e. The summed E-state index contributed by atoms with van der Waals surface area (Å²) in [5.74, 6) is -1.09. The normalized spacial score (nSPS) is 22.0. The summed E-state index contributed by atoms with van der Waals surface area (Å²) in [6.07, 6.45) is -2.75. The van der Waals surface area contributed by atoms with Crippen molar-refractivity contribution < 1.29 is 28.5 Å². The highest BCUT2D eigenvalue weighted by Gasteiger charge is 2.51. The van der Waals surface area contributed by atoms with Gasteiger partial charge in [0.2, 0.25) is 5.91 Å². The van der Waals surface area contributed by atoms with Gasteiger partial charge in [0.05, 0.1) is 26.4 Å². The Kier molecular flexibility index (Phi) is 10.9. The van der Waals surface area contributed by atoms with Crippen molar-refractivity contribution in [2.45, 2.75) is 44.4 Å². The lowest BCUT2D eigenvalue weighted by molar-refractivity contribution is -0.292. The molecule has 1 aliphatic rings. The maximum atomic E-state index is 13.8. The Hall–Kier alpha value is -3.85. The summed E-state index contributed by atoms with van der Waals surface area (Å²) < 4.78 is 31.4. The van der Waals surface area contributed by atoms with E-state index in [2.05, 4.69) is 5.32 Å². The van der Waals surface area contributed by atoms with Gasteiger partial charge >= 0.3 is 0 Å². The fourth-order valence-corrected chi connectivity index (χ4v) is 5.06. The van der Waals surface area contributed by atoms with E-state index in [-0.39, 0.29) is 12.5 Å². The van der Waals surface area contributed by atoms with Gasteiger partial charge in [-0.1, -0.05) is 109 Å². The largest absolute Gasteiger partial charge is 0.374 e. The second-order valence-corrected chi connectivity index (χ2v) is 10.2. The molecule has 7 nitrogen and oxygen atoms in total. The highest BCUT2D eigenvalue weighted by atomic mass is 16.7. The third kappa shape index (κ3) is 8.12. The van der Waals surface area contributed by atoms with Gasteiger partial charge in [-0.25, -0.2) is 0 Å². The Morgan fingerprint density at radius 1 is 0.667 bits per heavy atom. The summed E-state index contributed by atoms with van der Waals surface area (Å²) in [4.78, 5) is 13.8. The number of rotatable bonds is 13. The molecule has 0 bridgehead atoms. The molecule has 0 radical (unpaired) electrons. The molecule has 0 aromatic heterocycles. The van der Waals surface area contributed by atoms with Gasteiger partial charge in [0, 0.05) is 12.8 Å². The number of carbonyl (C=O) groups excluding carboxylic acids is 1. The zero-order chi connectivity index (χ0) is 29.0. The topological polar surface area (TPSA) is 75.2 Å². The molecule has 0 spiro atoms. The Labute approximate surface area is 247 Å². The number of anilines is 1. The van der Waals surface area contributed by atoms with Gasteiger partial charge < -0.3 is 29.0 Å². The zero-order valence-electron chi connectivity index (χ0n) is 23.7. The number of ether oxygens (including phenoxy) is 5. The molecule has 4 aromatic carbocycles. The molecule has 0 unspecified atom stereocenters. The van der Waals surface area contributed by atoms with Gasteiger partial charge in [0.15, 0.2) is 6.29 Å². The lowest BCUT2D eigenvalue weighted by Gasteiger charge is -2.45. The number of para-hydroxylation sites is 1. The second kappa shape index (κ2) is 15.4. The van der Waals surface area contributed by atoms with E-state index in [9.17, 15) is 4.79 Å². The van der Waals surface area contributed by atoms with E-state index in [1.165, 1.54) is 7.11 Å². The standard InChI is InChI=1S/C35H37NO6/c1-38-35-31(34(37)36-29-20-12-5-13-21-29)33(41-24-28-18-10-4-11-19-28)32(40-23-27-16-8-3-9-17-27)30(42-35)25-39-22-26-14-6-2-7-15-26/h2-21,30-33,35H,22-25H2,1H3,(H,36,37)/t30-,31+,32+,33-,35-/m1/s1. The van der Waals surface area contributed by atoms with E-state index in [0.717, 1.165) is 16.7 Å². The molecule has 1 amide bonds. The van der Waals surface area contributed by atoms with E-state index < -0.39 is 30.5 Å². The first-order valence-electron chi connectivity index (χ1n) is 14.2. The number of hydrogen-bond acceptors (Lipinski definition) is 6. The van der Waals surface area contributed by atoms with Crippen LogP contribution in [0.2, 0.25) is 0 Å². The fraction of sp³-hybridized carbons (Fsp3) is 0.286. The summed E-state index contributed by atoms with van der Waals surface area (Å²) in [6, 6.07) is 39.1. The molecule has 218 valence electrons. The molecule has 5 atom stereocenters. The Balaban J connectivity index is 1.42. The first-order valence-corrected chi connectivity index (χ1v) is 14.2. The van der Waals surface area contributed by atoms with Crippen molar-refractivity contribution in [2.75, 3.05) is 19.0 Å². The average Bonchev–Trinajstić information content (AvgIpc) is 3.04. The van der Waals surface area contributed by atoms with Crippen molar-refractivity contribution in [3.8, 4) is 0 Å². The second-order valence-electron chi connectivity index (χ2n) is 10.2. The van der Waals surface area contributed by atoms with Crippen LogP contribution in [0.15, 0.2) is 121 Å². The quantitative estimate of drug-likeness (QED) is 0.214. The molecule has 1 N–H and O–H groups in total. The van der Waals surface area contributed by atoms with E-state index in [1.54, 1.807) is 0 Å². The number of carbonyl (C=O) groups is 1. The monoisotopic (exact) mass is 567 g/mol. The third-order valence-corrected chi connectivity index (χ3v) is 7.19. The van der Waals surface area contributed by atoms with Gasteiger partial charge in [0.25, 0.3) is 0 Å². The summed E-state index contributed by atoms with van der Waals surface area (Å²) in [5, 5.41) is 3.01.